The number of rotatable bonds is 9. The molecule has 6 nitrogen and oxygen atoms in total. The molecule has 0 saturated heterocycles. The van der Waals surface area contributed by atoms with E-state index >= 15 is 0 Å². The van der Waals surface area contributed by atoms with Crippen LogP contribution < -0.4 is 11.5 Å². The lowest BCUT2D eigenvalue weighted by Crippen LogP contribution is -2.17. The van der Waals surface area contributed by atoms with Crippen LogP contribution >= 0.6 is 0 Å². The van der Waals surface area contributed by atoms with Gasteiger partial charge in [0.15, 0.2) is 0 Å². The third-order valence-corrected chi connectivity index (χ3v) is 2.10. The molecule has 0 bridgehead atoms. The predicted octanol–water partition coefficient (Wildman–Crippen LogP) is 0.879. The van der Waals surface area contributed by atoms with Crippen LogP contribution in [-0.2, 0) is 14.3 Å². The molecule has 0 aromatic carbocycles. The smallest absolute Gasteiger partial charge is 0.319 e. The van der Waals surface area contributed by atoms with E-state index in [1.807, 2.05) is 0 Å². The van der Waals surface area contributed by atoms with Crippen LogP contribution in [0.1, 0.15) is 45.4 Å². The molecule has 0 atom stereocenters. The minimum absolute atomic E-state index is 0.00413. The van der Waals surface area contributed by atoms with Gasteiger partial charge in [0.25, 0.3) is 0 Å². The van der Waals surface area contributed by atoms with Crippen molar-refractivity contribution in [3.8, 4) is 0 Å². The van der Waals surface area contributed by atoms with E-state index in [-0.39, 0.29) is 19.1 Å². The van der Waals surface area contributed by atoms with E-state index in [4.69, 9.17) is 15.6 Å². The third-order valence-electron chi connectivity index (χ3n) is 2.10. The van der Waals surface area contributed by atoms with Gasteiger partial charge in [0.05, 0.1) is 19.7 Å². The maximum Gasteiger partial charge on any atom is 0.319 e. The second-order valence-corrected chi connectivity index (χ2v) is 3.79. The molecule has 6 heteroatoms. The van der Waals surface area contributed by atoms with E-state index in [9.17, 15) is 9.59 Å². The average molecular weight is 262 g/mol. The van der Waals surface area contributed by atoms with Crippen LogP contribution in [0.25, 0.3) is 0 Å². The van der Waals surface area contributed by atoms with Crippen LogP contribution in [0.3, 0.4) is 0 Å². The minimum atomic E-state index is -0.968. The van der Waals surface area contributed by atoms with Crippen molar-refractivity contribution in [2.45, 2.75) is 45.4 Å². The molecule has 0 aromatic heterocycles. The fraction of sp³-hybridized carbons (Fsp3) is 0.833. The molecule has 5 N–H and O–H groups in total. The van der Waals surface area contributed by atoms with Gasteiger partial charge in [-0.2, -0.15) is 0 Å². The number of carboxylic acid groups (broad SMARTS) is 1. The molecule has 0 unspecified atom stereocenters. The number of esters is 1. The zero-order chi connectivity index (χ0) is 14.2. The van der Waals surface area contributed by atoms with Gasteiger partial charge in [-0.05, 0) is 6.42 Å². The van der Waals surface area contributed by atoms with Crippen molar-refractivity contribution < 1.29 is 19.4 Å². The molecule has 0 amide bonds. The molecule has 0 radical (unpaired) electrons. The van der Waals surface area contributed by atoms with Gasteiger partial charge in [0, 0.05) is 0 Å². The van der Waals surface area contributed by atoms with Crippen molar-refractivity contribution in [2.24, 2.45) is 11.5 Å². The van der Waals surface area contributed by atoms with Gasteiger partial charge in [-0.1, -0.05) is 39.0 Å². The Morgan fingerprint density at radius 1 is 1.00 bits per heavy atom. The quantitative estimate of drug-likeness (QED) is 0.419. The first-order valence-electron chi connectivity index (χ1n) is 6.36. The molecule has 0 heterocycles. The van der Waals surface area contributed by atoms with Crippen LogP contribution in [0, 0.1) is 0 Å². The Morgan fingerprint density at radius 2 is 1.50 bits per heavy atom. The van der Waals surface area contributed by atoms with Crippen LogP contribution in [0.2, 0.25) is 0 Å². The molecule has 0 aliphatic carbocycles. The van der Waals surface area contributed by atoms with E-state index in [1.54, 1.807) is 0 Å². The highest BCUT2D eigenvalue weighted by Gasteiger charge is 1.96. The lowest BCUT2D eigenvalue weighted by Gasteiger charge is -2.02. The molecule has 0 rings (SSSR count). The van der Waals surface area contributed by atoms with E-state index < -0.39 is 5.97 Å². The fourth-order valence-corrected chi connectivity index (χ4v) is 1.13. The van der Waals surface area contributed by atoms with Crippen molar-refractivity contribution in [3.63, 3.8) is 0 Å². The largest absolute Gasteiger partial charge is 0.480 e. The summed E-state index contributed by atoms with van der Waals surface area (Å²) in [7, 11) is 0. The number of carboxylic acids is 1. The van der Waals surface area contributed by atoms with Gasteiger partial charge in [-0.3, -0.25) is 9.59 Å². The molecule has 0 fully saturated rings. The standard InChI is InChI=1S/C10H21NO2.C2H5NO2/c1-2-3-4-5-6-7-8-13-10(12)9-11;3-1-2(4)5/h2-9,11H2,1H3;1,3H2,(H,4,5). The van der Waals surface area contributed by atoms with Crippen LogP contribution in [0.5, 0.6) is 0 Å². The summed E-state index contributed by atoms with van der Waals surface area (Å²) in [5.74, 6) is -1.27. The molecular weight excluding hydrogens is 236 g/mol. The number of nitrogens with two attached hydrogens (primary N) is 2. The Labute approximate surface area is 109 Å². The zero-order valence-electron chi connectivity index (χ0n) is 11.2. The molecule has 18 heavy (non-hydrogen) atoms. The highest BCUT2D eigenvalue weighted by Crippen LogP contribution is 2.04. The monoisotopic (exact) mass is 262 g/mol. The average Bonchev–Trinajstić information content (AvgIpc) is 2.38. The van der Waals surface area contributed by atoms with Crippen molar-refractivity contribution in [1.82, 2.24) is 0 Å². The fourth-order valence-electron chi connectivity index (χ4n) is 1.13. The van der Waals surface area contributed by atoms with Crippen LogP contribution in [-0.4, -0.2) is 36.7 Å². The number of aliphatic carboxylic acids is 1. The topological polar surface area (TPSA) is 116 Å². The Hall–Kier alpha value is -1.14. The Morgan fingerprint density at radius 3 is 1.94 bits per heavy atom. The molecule has 0 spiro atoms. The third kappa shape index (κ3) is 20.3. The second kappa shape index (κ2) is 15.9. The summed E-state index contributed by atoms with van der Waals surface area (Å²) < 4.78 is 4.83. The van der Waals surface area contributed by atoms with Gasteiger partial charge in [0.1, 0.15) is 0 Å². The normalized spacial score (nSPS) is 9.28. The van der Waals surface area contributed by atoms with E-state index in [1.165, 1.54) is 25.7 Å². The number of hydrogen-bond donors (Lipinski definition) is 3. The maximum atomic E-state index is 10.6. The molecule has 108 valence electrons. The van der Waals surface area contributed by atoms with Gasteiger partial charge in [-0.25, -0.2) is 0 Å². The second-order valence-electron chi connectivity index (χ2n) is 3.79. The maximum absolute atomic E-state index is 10.6. The van der Waals surface area contributed by atoms with Crippen molar-refractivity contribution in [1.29, 1.82) is 0 Å². The molecule has 0 saturated carbocycles. The summed E-state index contributed by atoms with van der Waals surface area (Å²) in [5, 5.41) is 7.60. The SMILES string of the molecule is CCCCCCCCOC(=O)CN.NCC(=O)O. The first-order valence-corrected chi connectivity index (χ1v) is 6.36. The predicted molar refractivity (Wildman–Crippen MR) is 70.1 cm³/mol. The number of unbranched alkanes of at least 4 members (excludes halogenated alkanes) is 5. The zero-order valence-corrected chi connectivity index (χ0v) is 11.2. The lowest BCUT2D eigenvalue weighted by molar-refractivity contribution is -0.142. The highest BCUT2D eigenvalue weighted by molar-refractivity contribution is 5.71. The van der Waals surface area contributed by atoms with Crippen molar-refractivity contribution >= 4 is 11.9 Å². The van der Waals surface area contributed by atoms with E-state index in [0.29, 0.717) is 6.61 Å². The van der Waals surface area contributed by atoms with Gasteiger partial charge >= 0.3 is 11.9 Å². The van der Waals surface area contributed by atoms with E-state index in [2.05, 4.69) is 12.7 Å². The van der Waals surface area contributed by atoms with Gasteiger partial charge in [-0.15, -0.1) is 0 Å². The number of carbonyl (C=O) groups excluding carboxylic acids is 1. The van der Waals surface area contributed by atoms with Crippen LogP contribution in [0.4, 0.5) is 0 Å². The highest BCUT2D eigenvalue weighted by atomic mass is 16.5. The number of ether oxygens (including phenoxy) is 1. The lowest BCUT2D eigenvalue weighted by atomic mass is 10.1. The molecule has 0 aliphatic rings. The number of carbonyl (C=O) groups is 2. The van der Waals surface area contributed by atoms with Crippen LogP contribution in [0.15, 0.2) is 0 Å². The first kappa shape index (κ1) is 19.2. The molecule has 0 aromatic rings. The van der Waals surface area contributed by atoms with Gasteiger partial charge < -0.3 is 21.3 Å². The Kier molecular flexibility index (Phi) is 16.9. The van der Waals surface area contributed by atoms with Crippen molar-refractivity contribution in [3.05, 3.63) is 0 Å². The number of hydrogen-bond acceptors (Lipinski definition) is 5. The van der Waals surface area contributed by atoms with E-state index in [0.717, 1.165) is 12.8 Å². The Bertz CT molecular complexity index is 210. The minimum Gasteiger partial charge on any atom is -0.480 e. The summed E-state index contributed by atoms with van der Waals surface area (Å²) in [5.41, 5.74) is 9.65. The summed E-state index contributed by atoms with van der Waals surface area (Å²) in [6.45, 7) is 2.45. The van der Waals surface area contributed by atoms with Crippen molar-refractivity contribution in [2.75, 3.05) is 19.7 Å². The molecular formula is C12H26N2O4. The summed E-state index contributed by atoms with van der Waals surface area (Å²) in [4.78, 5) is 19.8. The Balaban J connectivity index is 0. The summed E-state index contributed by atoms with van der Waals surface area (Å²) in [6.07, 6.45) is 7.23. The first-order chi connectivity index (χ1) is 8.58. The summed E-state index contributed by atoms with van der Waals surface area (Å²) in [6, 6.07) is 0. The molecule has 0 aliphatic heterocycles. The van der Waals surface area contributed by atoms with Gasteiger partial charge in [0.2, 0.25) is 0 Å². The summed E-state index contributed by atoms with van der Waals surface area (Å²) >= 11 is 0.